The highest BCUT2D eigenvalue weighted by molar-refractivity contribution is 5.85. The van der Waals surface area contributed by atoms with E-state index in [1.54, 1.807) is 0 Å². The van der Waals surface area contributed by atoms with Gasteiger partial charge in [0.25, 0.3) is 0 Å². The fourth-order valence-electron chi connectivity index (χ4n) is 1.60. The Balaban J connectivity index is 0. The molecule has 17 heavy (non-hydrogen) atoms. The lowest BCUT2D eigenvalue weighted by atomic mass is 10.1. The highest BCUT2D eigenvalue weighted by atomic mass is 35.5. The summed E-state index contributed by atoms with van der Waals surface area (Å²) in [7, 11) is 4.10. The highest BCUT2D eigenvalue weighted by Crippen LogP contribution is 2.04. The van der Waals surface area contributed by atoms with Crippen molar-refractivity contribution >= 4 is 18.3 Å². The van der Waals surface area contributed by atoms with Crippen molar-refractivity contribution in [3.8, 4) is 0 Å². The molecule has 0 aliphatic rings. The number of hydrogen-bond acceptors (Lipinski definition) is 2. The van der Waals surface area contributed by atoms with Crippen LogP contribution in [0, 0.1) is 0 Å². The molecule has 0 spiro atoms. The van der Waals surface area contributed by atoms with E-state index >= 15 is 0 Å². The van der Waals surface area contributed by atoms with E-state index in [1.807, 2.05) is 0 Å². The van der Waals surface area contributed by atoms with Gasteiger partial charge in [-0.1, -0.05) is 32.6 Å². The number of nitrogens with one attached hydrogen (secondary N) is 1. The molecule has 0 heterocycles. The van der Waals surface area contributed by atoms with Crippen molar-refractivity contribution in [2.24, 2.45) is 0 Å². The molecule has 0 fully saturated rings. The molecule has 0 saturated carbocycles. The molecule has 104 valence electrons. The molecule has 1 N–H and O–H groups in total. The fraction of sp³-hybridized carbons (Fsp3) is 0.923. The fourth-order valence-corrected chi connectivity index (χ4v) is 1.60. The SMILES string of the molecule is CCCCCCCC(=O)NCCCN(C)C.Cl. The van der Waals surface area contributed by atoms with Gasteiger partial charge in [-0.15, -0.1) is 12.4 Å². The first-order valence-corrected chi connectivity index (χ1v) is 6.58. The molecule has 4 heteroatoms. The van der Waals surface area contributed by atoms with Crippen LogP contribution in [0.15, 0.2) is 0 Å². The minimum absolute atomic E-state index is 0. The summed E-state index contributed by atoms with van der Waals surface area (Å²) in [5, 5.41) is 2.96. The summed E-state index contributed by atoms with van der Waals surface area (Å²) in [6, 6.07) is 0. The van der Waals surface area contributed by atoms with Crippen molar-refractivity contribution in [1.29, 1.82) is 0 Å². The second-order valence-corrected chi connectivity index (χ2v) is 4.67. The maximum Gasteiger partial charge on any atom is 0.219 e. The normalized spacial score (nSPS) is 10.1. The zero-order valence-electron chi connectivity index (χ0n) is 11.6. The van der Waals surface area contributed by atoms with Gasteiger partial charge in [0.1, 0.15) is 0 Å². The van der Waals surface area contributed by atoms with E-state index in [0.29, 0.717) is 6.42 Å². The number of nitrogens with zero attached hydrogens (tertiary/aromatic N) is 1. The first-order chi connectivity index (χ1) is 7.66. The number of hydrogen-bond donors (Lipinski definition) is 1. The Morgan fingerprint density at radius 1 is 1.06 bits per heavy atom. The number of carbonyl (C=O) groups excluding carboxylic acids is 1. The third-order valence-electron chi connectivity index (χ3n) is 2.61. The van der Waals surface area contributed by atoms with Crippen LogP contribution in [0.2, 0.25) is 0 Å². The van der Waals surface area contributed by atoms with Crippen LogP contribution in [0.4, 0.5) is 0 Å². The van der Waals surface area contributed by atoms with E-state index in [1.165, 1.54) is 25.7 Å². The van der Waals surface area contributed by atoms with Crippen LogP contribution < -0.4 is 5.32 Å². The molecule has 0 aromatic carbocycles. The van der Waals surface area contributed by atoms with E-state index in [-0.39, 0.29) is 18.3 Å². The van der Waals surface area contributed by atoms with Gasteiger partial charge in [-0.25, -0.2) is 0 Å². The number of amides is 1. The van der Waals surface area contributed by atoms with Crippen molar-refractivity contribution in [2.75, 3.05) is 27.2 Å². The smallest absolute Gasteiger partial charge is 0.219 e. The minimum atomic E-state index is 0. The lowest BCUT2D eigenvalue weighted by Gasteiger charge is -2.09. The molecule has 0 aromatic rings. The van der Waals surface area contributed by atoms with Gasteiger partial charge in [-0.05, 0) is 33.5 Å². The van der Waals surface area contributed by atoms with Crippen molar-refractivity contribution < 1.29 is 4.79 Å². The van der Waals surface area contributed by atoms with Crippen molar-refractivity contribution in [1.82, 2.24) is 10.2 Å². The minimum Gasteiger partial charge on any atom is -0.356 e. The van der Waals surface area contributed by atoms with Gasteiger partial charge in [0.2, 0.25) is 5.91 Å². The molecule has 0 aliphatic carbocycles. The molecule has 0 saturated heterocycles. The van der Waals surface area contributed by atoms with Gasteiger partial charge >= 0.3 is 0 Å². The molecule has 0 rings (SSSR count). The molecule has 0 atom stereocenters. The average molecular weight is 265 g/mol. The average Bonchev–Trinajstić information content (AvgIpc) is 2.24. The molecular formula is C13H29ClN2O. The van der Waals surface area contributed by atoms with Gasteiger partial charge in [0.15, 0.2) is 0 Å². The quantitative estimate of drug-likeness (QED) is 0.616. The summed E-state index contributed by atoms with van der Waals surface area (Å²) in [6.45, 7) is 4.06. The first kappa shape index (κ1) is 19.1. The predicted molar refractivity (Wildman–Crippen MR) is 76.8 cm³/mol. The zero-order chi connectivity index (χ0) is 12.2. The number of halogens is 1. The monoisotopic (exact) mass is 264 g/mol. The lowest BCUT2D eigenvalue weighted by Crippen LogP contribution is -2.26. The van der Waals surface area contributed by atoms with Crippen LogP contribution in [0.1, 0.15) is 51.9 Å². The molecule has 0 bridgehead atoms. The van der Waals surface area contributed by atoms with Crippen LogP contribution >= 0.6 is 12.4 Å². The topological polar surface area (TPSA) is 32.3 Å². The molecule has 0 aliphatic heterocycles. The molecule has 0 radical (unpaired) electrons. The number of unbranched alkanes of at least 4 members (excludes halogenated alkanes) is 4. The Hall–Kier alpha value is -0.280. The first-order valence-electron chi connectivity index (χ1n) is 6.58. The van der Waals surface area contributed by atoms with Crippen LogP contribution in [0.5, 0.6) is 0 Å². The van der Waals surface area contributed by atoms with E-state index in [4.69, 9.17) is 0 Å². The molecule has 3 nitrogen and oxygen atoms in total. The second kappa shape index (κ2) is 13.8. The summed E-state index contributed by atoms with van der Waals surface area (Å²) in [6.07, 6.45) is 7.80. The van der Waals surface area contributed by atoms with Gasteiger partial charge in [-0.2, -0.15) is 0 Å². The van der Waals surface area contributed by atoms with Crippen LogP contribution in [0.3, 0.4) is 0 Å². The Morgan fingerprint density at radius 3 is 2.29 bits per heavy atom. The molecule has 0 aromatic heterocycles. The largest absolute Gasteiger partial charge is 0.356 e. The summed E-state index contributed by atoms with van der Waals surface area (Å²) in [5.41, 5.74) is 0. The van der Waals surface area contributed by atoms with Gasteiger partial charge < -0.3 is 10.2 Å². The predicted octanol–water partition coefficient (Wildman–Crippen LogP) is 2.84. The standard InChI is InChI=1S/C13H28N2O.ClH/c1-4-5-6-7-8-10-13(16)14-11-9-12-15(2)3;/h4-12H2,1-3H3,(H,14,16);1H. The van der Waals surface area contributed by atoms with E-state index in [2.05, 4.69) is 31.2 Å². The third kappa shape index (κ3) is 15.7. The number of carbonyl (C=O) groups is 1. The Morgan fingerprint density at radius 2 is 1.71 bits per heavy atom. The van der Waals surface area contributed by atoms with Crippen molar-refractivity contribution in [2.45, 2.75) is 51.9 Å². The van der Waals surface area contributed by atoms with E-state index in [9.17, 15) is 4.79 Å². The molecule has 1 amide bonds. The summed E-state index contributed by atoms with van der Waals surface area (Å²) in [4.78, 5) is 13.5. The number of rotatable bonds is 10. The summed E-state index contributed by atoms with van der Waals surface area (Å²) in [5.74, 6) is 0.218. The third-order valence-corrected chi connectivity index (χ3v) is 2.61. The molecule has 0 unspecified atom stereocenters. The lowest BCUT2D eigenvalue weighted by molar-refractivity contribution is -0.121. The van der Waals surface area contributed by atoms with Crippen LogP contribution in [0.25, 0.3) is 0 Å². The van der Waals surface area contributed by atoms with Gasteiger partial charge in [0, 0.05) is 13.0 Å². The van der Waals surface area contributed by atoms with E-state index < -0.39 is 0 Å². The van der Waals surface area contributed by atoms with Crippen molar-refractivity contribution in [3.05, 3.63) is 0 Å². The Kier molecular flexibility index (Phi) is 15.5. The summed E-state index contributed by atoms with van der Waals surface area (Å²) >= 11 is 0. The Labute approximate surface area is 113 Å². The maximum absolute atomic E-state index is 11.4. The second-order valence-electron chi connectivity index (χ2n) is 4.67. The molecular weight excluding hydrogens is 236 g/mol. The van der Waals surface area contributed by atoms with Crippen LogP contribution in [-0.2, 0) is 4.79 Å². The van der Waals surface area contributed by atoms with Gasteiger partial charge in [0.05, 0.1) is 0 Å². The zero-order valence-corrected chi connectivity index (χ0v) is 12.4. The van der Waals surface area contributed by atoms with Crippen LogP contribution in [-0.4, -0.2) is 38.0 Å². The van der Waals surface area contributed by atoms with Crippen molar-refractivity contribution in [3.63, 3.8) is 0 Å². The highest BCUT2D eigenvalue weighted by Gasteiger charge is 2.00. The maximum atomic E-state index is 11.4. The van der Waals surface area contributed by atoms with Gasteiger partial charge in [-0.3, -0.25) is 4.79 Å². The Bertz CT molecular complexity index is 175. The summed E-state index contributed by atoms with van der Waals surface area (Å²) < 4.78 is 0. The van der Waals surface area contributed by atoms with E-state index in [0.717, 1.165) is 25.9 Å².